The molecule has 1 saturated heterocycles. The van der Waals surface area contributed by atoms with Gasteiger partial charge in [-0.05, 0) is 19.4 Å². The first-order valence-corrected chi connectivity index (χ1v) is 3.57. The van der Waals surface area contributed by atoms with Crippen LogP contribution >= 0.6 is 0 Å². The molecule has 10 heavy (non-hydrogen) atoms. The van der Waals surface area contributed by atoms with E-state index in [9.17, 15) is 4.79 Å². The maximum Gasteiger partial charge on any atom is 0.136 e. The summed E-state index contributed by atoms with van der Waals surface area (Å²) in [5, 5.41) is 10.1. The fourth-order valence-electron chi connectivity index (χ4n) is 0.995. The highest BCUT2D eigenvalue weighted by molar-refractivity contribution is 5.57. The van der Waals surface area contributed by atoms with E-state index in [2.05, 4.69) is 5.32 Å². The Morgan fingerprint density at radius 1 is 1.50 bits per heavy atom. The zero-order chi connectivity index (χ0) is 7.82. The summed E-state index contributed by atoms with van der Waals surface area (Å²) < 4.78 is 0. The topological polar surface area (TPSA) is 49.3 Å². The van der Waals surface area contributed by atoms with Gasteiger partial charge in [-0.25, -0.2) is 0 Å². The standard InChI is InChI=1S/C6H11NO.CH4O/c8-5-6-3-1-2-4-7-6;1-2/h5-7H,1-4H2;2H,1H3. The zero-order valence-electron chi connectivity index (χ0n) is 6.34. The van der Waals surface area contributed by atoms with Crippen molar-refractivity contribution in [2.24, 2.45) is 0 Å². The summed E-state index contributed by atoms with van der Waals surface area (Å²) in [6, 6.07) is 0.156. The van der Waals surface area contributed by atoms with E-state index in [-0.39, 0.29) is 6.04 Å². The second-order valence-electron chi connectivity index (χ2n) is 2.19. The maximum atomic E-state index is 10.1. The Kier molecular flexibility index (Phi) is 6.43. The quantitative estimate of drug-likeness (QED) is 0.508. The smallest absolute Gasteiger partial charge is 0.136 e. The van der Waals surface area contributed by atoms with Crippen LogP contribution in [0.15, 0.2) is 0 Å². The van der Waals surface area contributed by atoms with Gasteiger partial charge in [0.2, 0.25) is 0 Å². The van der Waals surface area contributed by atoms with E-state index in [0.717, 1.165) is 26.4 Å². The van der Waals surface area contributed by atoms with Crippen molar-refractivity contribution in [1.82, 2.24) is 5.32 Å². The zero-order valence-corrected chi connectivity index (χ0v) is 6.34. The third-order valence-electron chi connectivity index (χ3n) is 1.51. The molecular weight excluding hydrogens is 130 g/mol. The van der Waals surface area contributed by atoms with Gasteiger partial charge in [0.1, 0.15) is 6.29 Å². The number of carbonyl (C=O) groups is 1. The van der Waals surface area contributed by atoms with Gasteiger partial charge in [0.05, 0.1) is 6.04 Å². The number of hydrogen-bond acceptors (Lipinski definition) is 3. The third-order valence-corrected chi connectivity index (χ3v) is 1.51. The van der Waals surface area contributed by atoms with Gasteiger partial charge in [-0.3, -0.25) is 0 Å². The first kappa shape index (κ1) is 9.59. The van der Waals surface area contributed by atoms with Crippen LogP contribution in [-0.4, -0.2) is 31.1 Å². The van der Waals surface area contributed by atoms with E-state index in [4.69, 9.17) is 5.11 Å². The Bertz CT molecular complexity index is 79.7. The normalized spacial score (nSPS) is 24.4. The molecule has 0 saturated carbocycles. The lowest BCUT2D eigenvalue weighted by atomic mass is 10.1. The Labute approximate surface area is 61.4 Å². The lowest BCUT2D eigenvalue weighted by Crippen LogP contribution is -2.34. The van der Waals surface area contributed by atoms with Gasteiger partial charge in [0.15, 0.2) is 0 Å². The summed E-state index contributed by atoms with van der Waals surface area (Å²) >= 11 is 0. The Morgan fingerprint density at radius 2 is 2.20 bits per heavy atom. The van der Waals surface area contributed by atoms with Crippen molar-refractivity contribution >= 4 is 6.29 Å². The number of aliphatic hydroxyl groups excluding tert-OH is 1. The van der Waals surface area contributed by atoms with Crippen LogP contribution < -0.4 is 5.32 Å². The summed E-state index contributed by atoms with van der Waals surface area (Å²) in [6.45, 7) is 1.02. The van der Waals surface area contributed by atoms with E-state index >= 15 is 0 Å². The molecule has 1 atom stereocenters. The van der Waals surface area contributed by atoms with Gasteiger partial charge in [-0.15, -0.1) is 0 Å². The van der Waals surface area contributed by atoms with E-state index in [1.54, 1.807) is 0 Å². The van der Waals surface area contributed by atoms with Crippen molar-refractivity contribution in [1.29, 1.82) is 0 Å². The highest BCUT2D eigenvalue weighted by atomic mass is 16.2. The lowest BCUT2D eigenvalue weighted by molar-refractivity contribution is -0.110. The predicted molar refractivity (Wildman–Crippen MR) is 39.8 cm³/mol. The molecule has 1 aliphatic heterocycles. The fraction of sp³-hybridized carbons (Fsp3) is 0.857. The molecule has 0 aromatic carbocycles. The summed E-state index contributed by atoms with van der Waals surface area (Å²) in [4.78, 5) is 10.1. The van der Waals surface area contributed by atoms with Gasteiger partial charge < -0.3 is 15.2 Å². The number of hydrogen-bond donors (Lipinski definition) is 2. The molecule has 60 valence electrons. The summed E-state index contributed by atoms with van der Waals surface area (Å²) in [5.74, 6) is 0. The van der Waals surface area contributed by atoms with Crippen LogP contribution in [0.1, 0.15) is 19.3 Å². The van der Waals surface area contributed by atoms with Crippen molar-refractivity contribution in [3.05, 3.63) is 0 Å². The number of rotatable bonds is 1. The third kappa shape index (κ3) is 3.58. The highest BCUT2D eigenvalue weighted by Gasteiger charge is 2.09. The fourth-order valence-corrected chi connectivity index (χ4v) is 0.995. The molecule has 0 radical (unpaired) electrons. The minimum absolute atomic E-state index is 0.156. The Balaban J connectivity index is 0.000000371. The van der Waals surface area contributed by atoms with Crippen molar-refractivity contribution in [3.8, 4) is 0 Å². The summed E-state index contributed by atoms with van der Waals surface area (Å²) in [6.07, 6.45) is 4.46. The number of carbonyl (C=O) groups excluding carboxylic acids is 1. The molecule has 0 aliphatic carbocycles. The average molecular weight is 145 g/mol. The summed E-state index contributed by atoms with van der Waals surface area (Å²) in [7, 11) is 1.00. The highest BCUT2D eigenvalue weighted by Crippen LogP contribution is 2.03. The van der Waals surface area contributed by atoms with E-state index in [0.29, 0.717) is 0 Å². The minimum Gasteiger partial charge on any atom is -0.400 e. The van der Waals surface area contributed by atoms with Gasteiger partial charge in [0.25, 0.3) is 0 Å². The minimum atomic E-state index is 0.156. The van der Waals surface area contributed by atoms with Gasteiger partial charge in [0, 0.05) is 7.11 Å². The Hall–Kier alpha value is -0.410. The molecule has 1 rings (SSSR count). The lowest BCUT2D eigenvalue weighted by Gasteiger charge is -2.17. The van der Waals surface area contributed by atoms with Crippen molar-refractivity contribution in [2.75, 3.05) is 13.7 Å². The first-order chi connectivity index (χ1) is 4.93. The number of piperidine rings is 1. The van der Waals surface area contributed by atoms with Gasteiger partial charge >= 0.3 is 0 Å². The van der Waals surface area contributed by atoms with Crippen LogP contribution in [0.3, 0.4) is 0 Å². The molecule has 1 unspecified atom stereocenters. The van der Waals surface area contributed by atoms with Gasteiger partial charge in [-0.2, -0.15) is 0 Å². The second kappa shape index (κ2) is 6.71. The molecule has 1 aliphatic rings. The first-order valence-electron chi connectivity index (χ1n) is 3.57. The van der Waals surface area contributed by atoms with Crippen LogP contribution in [0.25, 0.3) is 0 Å². The largest absolute Gasteiger partial charge is 0.400 e. The molecule has 3 nitrogen and oxygen atoms in total. The van der Waals surface area contributed by atoms with Crippen molar-refractivity contribution in [2.45, 2.75) is 25.3 Å². The van der Waals surface area contributed by atoms with E-state index in [1.165, 1.54) is 12.8 Å². The van der Waals surface area contributed by atoms with E-state index < -0.39 is 0 Å². The van der Waals surface area contributed by atoms with E-state index in [1.807, 2.05) is 0 Å². The number of aldehydes is 1. The van der Waals surface area contributed by atoms with Crippen LogP contribution in [-0.2, 0) is 4.79 Å². The SMILES string of the molecule is CO.O=CC1CCCCN1. The molecule has 0 aromatic rings. The van der Waals surface area contributed by atoms with Crippen LogP contribution in [0, 0.1) is 0 Å². The molecule has 0 bridgehead atoms. The Morgan fingerprint density at radius 3 is 2.50 bits per heavy atom. The number of nitrogens with one attached hydrogen (secondary N) is 1. The van der Waals surface area contributed by atoms with Crippen molar-refractivity contribution in [3.63, 3.8) is 0 Å². The molecule has 0 aromatic heterocycles. The molecule has 2 N–H and O–H groups in total. The van der Waals surface area contributed by atoms with Crippen LogP contribution in [0.2, 0.25) is 0 Å². The molecule has 0 amide bonds. The van der Waals surface area contributed by atoms with Crippen LogP contribution in [0.5, 0.6) is 0 Å². The molecule has 1 fully saturated rings. The van der Waals surface area contributed by atoms with Crippen LogP contribution in [0.4, 0.5) is 0 Å². The molecule has 1 heterocycles. The van der Waals surface area contributed by atoms with Gasteiger partial charge in [-0.1, -0.05) is 6.42 Å². The summed E-state index contributed by atoms with van der Waals surface area (Å²) in [5.41, 5.74) is 0. The monoisotopic (exact) mass is 145 g/mol. The molecular formula is C7H15NO2. The maximum absolute atomic E-state index is 10.1. The van der Waals surface area contributed by atoms with Crippen molar-refractivity contribution < 1.29 is 9.90 Å². The number of aliphatic hydroxyl groups is 1. The second-order valence-corrected chi connectivity index (χ2v) is 2.19. The predicted octanol–water partition coefficient (Wildman–Crippen LogP) is -0.0641. The molecule has 0 spiro atoms. The molecule has 3 heteroatoms. The average Bonchev–Trinajstić information content (AvgIpc) is 2.10.